The summed E-state index contributed by atoms with van der Waals surface area (Å²) in [5.41, 5.74) is 0.986. The first-order chi connectivity index (χ1) is 11.7. The van der Waals surface area contributed by atoms with E-state index in [0.29, 0.717) is 19.8 Å². The second kappa shape index (κ2) is 7.77. The van der Waals surface area contributed by atoms with Gasteiger partial charge in [-0.1, -0.05) is 6.07 Å². The maximum absolute atomic E-state index is 12.0. The molecule has 1 atom stereocenters. The Morgan fingerprint density at radius 2 is 1.96 bits per heavy atom. The van der Waals surface area contributed by atoms with Gasteiger partial charge in [0.2, 0.25) is 0 Å². The molecular weight excluding hydrogens is 306 g/mol. The summed E-state index contributed by atoms with van der Waals surface area (Å²) in [5.74, 6) is 1.51. The average molecular weight is 329 g/mol. The second-order valence-electron chi connectivity index (χ2n) is 5.80. The second-order valence-corrected chi connectivity index (χ2v) is 5.80. The van der Waals surface area contributed by atoms with Gasteiger partial charge in [-0.3, -0.25) is 0 Å². The highest BCUT2D eigenvalue weighted by Crippen LogP contribution is 2.32. The highest BCUT2D eigenvalue weighted by molar-refractivity contribution is 5.74. The number of benzene rings is 1. The van der Waals surface area contributed by atoms with Crippen molar-refractivity contribution in [3.8, 4) is 11.5 Å². The number of nitrogens with one attached hydrogen (secondary N) is 2. The Balaban J connectivity index is 1.51. The lowest BCUT2D eigenvalue weighted by atomic mass is 10.1. The molecule has 1 aliphatic heterocycles. The average Bonchev–Trinajstić information content (AvgIpc) is 2.98. The summed E-state index contributed by atoms with van der Waals surface area (Å²) in [5, 5.41) is 5.81. The molecule has 1 aromatic carbocycles. The maximum Gasteiger partial charge on any atom is 0.315 e. The number of amides is 2. The van der Waals surface area contributed by atoms with E-state index in [0.717, 1.165) is 30.0 Å². The first kappa shape index (κ1) is 16.2. The molecule has 2 heterocycles. The molecule has 1 aromatic heterocycles. The van der Waals surface area contributed by atoms with Gasteiger partial charge in [-0.2, -0.15) is 0 Å². The van der Waals surface area contributed by atoms with E-state index in [1.54, 1.807) is 0 Å². The van der Waals surface area contributed by atoms with E-state index >= 15 is 0 Å². The minimum atomic E-state index is -0.179. The molecular formula is C18H23N3O3. The van der Waals surface area contributed by atoms with E-state index in [9.17, 15) is 4.79 Å². The normalized spacial score (nSPS) is 14.5. The topological polar surface area (TPSA) is 64.5 Å². The van der Waals surface area contributed by atoms with Crippen LogP contribution in [0.1, 0.15) is 24.9 Å². The van der Waals surface area contributed by atoms with Gasteiger partial charge in [0, 0.05) is 31.9 Å². The van der Waals surface area contributed by atoms with Crippen molar-refractivity contribution in [3.05, 3.63) is 48.3 Å². The predicted octanol–water partition coefficient (Wildman–Crippen LogP) is 2.71. The van der Waals surface area contributed by atoms with Crippen molar-refractivity contribution in [2.75, 3.05) is 19.8 Å². The van der Waals surface area contributed by atoms with E-state index in [4.69, 9.17) is 9.47 Å². The zero-order chi connectivity index (χ0) is 16.8. The molecule has 6 nitrogen and oxygen atoms in total. The van der Waals surface area contributed by atoms with Gasteiger partial charge in [0.05, 0.1) is 19.3 Å². The largest absolute Gasteiger partial charge is 0.490 e. The number of hydrogen-bond donors (Lipinski definition) is 2. The fourth-order valence-electron chi connectivity index (χ4n) is 2.60. The first-order valence-corrected chi connectivity index (χ1v) is 8.27. The fraction of sp³-hybridized carbons (Fsp3) is 0.389. The van der Waals surface area contributed by atoms with Gasteiger partial charge < -0.3 is 24.7 Å². The first-order valence-electron chi connectivity index (χ1n) is 8.27. The molecule has 0 aliphatic carbocycles. The molecule has 0 saturated carbocycles. The van der Waals surface area contributed by atoms with E-state index in [1.807, 2.05) is 54.2 Å². The number of ether oxygens (including phenoxy) is 2. The van der Waals surface area contributed by atoms with Crippen molar-refractivity contribution < 1.29 is 14.3 Å². The third kappa shape index (κ3) is 4.22. The highest BCUT2D eigenvalue weighted by atomic mass is 16.5. The molecule has 0 saturated heterocycles. The number of fused-ring (bicyclic) bond motifs is 1. The van der Waals surface area contributed by atoms with Gasteiger partial charge in [0.25, 0.3) is 0 Å². The minimum Gasteiger partial charge on any atom is -0.490 e. The van der Waals surface area contributed by atoms with Gasteiger partial charge >= 0.3 is 6.03 Å². The van der Waals surface area contributed by atoms with Crippen LogP contribution in [0.3, 0.4) is 0 Å². The number of aromatic nitrogens is 1. The molecule has 0 bridgehead atoms. The Labute approximate surface area is 141 Å². The summed E-state index contributed by atoms with van der Waals surface area (Å²) in [6.07, 6.45) is 4.82. The number of rotatable bonds is 5. The molecule has 1 aliphatic rings. The van der Waals surface area contributed by atoms with Crippen LogP contribution < -0.4 is 20.1 Å². The quantitative estimate of drug-likeness (QED) is 0.886. The highest BCUT2D eigenvalue weighted by Gasteiger charge is 2.15. The molecule has 2 N–H and O–H groups in total. The summed E-state index contributed by atoms with van der Waals surface area (Å²) in [4.78, 5) is 12.0. The van der Waals surface area contributed by atoms with Crippen LogP contribution in [0.4, 0.5) is 4.79 Å². The zero-order valence-corrected chi connectivity index (χ0v) is 13.8. The van der Waals surface area contributed by atoms with E-state index in [1.165, 1.54) is 0 Å². The summed E-state index contributed by atoms with van der Waals surface area (Å²) in [6, 6.07) is 9.43. The molecule has 3 rings (SSSR count). The van der Waals surface area contributed by atoms with Gasteiger partial charge in [0.1, 0.15) is 0 Å². The molecule has 0 radical (unpaired) electrons. The SMILES string of the molecule is CC(NC(=O)NCCn1cccc1)c1ccc2c(c1)OCCCO2. The molecule has 2 amide bonds. The van der Waals surface area contributed by atoms with Crippen LogP contribution in [0.25, 0.3) is 0 Å². The molecule has 0 fully saturated rings. The van der Waals surface area contributed by atoms with Crippen LogP contribution in [0.2, 0.25) is 0 Å². The molecule has 2 aromatic rings. The Morgan fingerprint density at radius 3 is 2.75 bits per heavy atom. The van der Waals surface area contributed by atoms with E-state index < -0.39 is 0 Å². The Hall–Kier alpha value is -2.63. The van der Waals surface area contributed by atoms with Gasteiger partial charge in [-0.15, -0.1) is 0 Å². The van der Waals surface area contributed by atoms with E-state index in [2.05, 4.69) is 10.6 Å². The number of carbonyl (C=O) groups is 1. The Bertz CT molecular complexity index is 670. The number of carbonyl (C=O) groups excluding carboxylic acids is 1. The number of hydrogen-bond acceptors (Lipinski definition) is 3. The predicted molar refractivity (Wildman–Crippen MR) is 91.4 cm³/mol. The third-order valence-electron chi connectivity index (χ3n) is 3.94. The van der Waals surface area contributed by atoms with Crippen LogP contribution in [-0.4, -0.2) is 30.4 Å². The van der Waals surface area contributed by atoms with Crippen molar-refractivity contribution in [3.63, 3.8) is 0 Å². The van der Waals surface area contributed by atoms with Crippen LogP contribution in [0, 0.1) is 0 Å². The third-order valence-corrected chi connectivity index (χ3v) is 3.94. The Kier molecular flexibility index (Phi) is 5.25. The summed E-state index contributed by atoms with van der Waals surface area (Å²) in [6.45, 7) is 4.60. The number of nitrogens with zero attached hydrogens (tertiary/aromatic N) is 1. The van der Waals surface area contributed by atoms with Crippen LogP contribution in [0.15, 0.2) is 42.7 Å². The molecule has 1 unspecified atom stereocenters. The van der Waals surface area contributed by atoms with Crippen LogP contribution in [-0.2, 0) is 6.54 Å². The lowest BCUT2D eigenvalue weighted by molar-refractivity contribution is 0.237. The molecule has 0 spiro atoms. The maximum atomic E-state index is 12.0. The summed E-state index contributed by atoms with van der Waals surface area (Å²) < 4.78 is 13.3. The lowest BCUT2D eigenvalue weighted by Gasteiger charge is -2.17. The summed E-state index contributed by atoms with van der Waals surface area (Å²) >= 11 is 0. The minimum absolute atomic E-state index is 0.117. The van der Waals surface area contributed by atoms with Crippen molar-refractivity contribution in [2.24, 2.45) is 0 Å². The van der Waals surface area contributed by atoms with Gasteiger partial charge in [-0.25, -0.2) is 4.79 Å². The molecule has 24 heavy (non-hydrogen) atoms. The Morgan fingerprint density at radius 1 is 1.21 bits per heavy atom. The van der Waals surface area contributed by atoms with Crippen molar-refractivity contribution in [2.45, 2.75) is 25.9 Å². The summed E-state index contributed by atoms with van der Waals surface area (Å²) in [7, 11) is 0. The van der Waals surface area contributed by atoms with Gasteiger partial charge in [0.15, 0.2) is 11.5 Å². The standard InChI is InChI=1S/C18H23N3O3/c1-14(20-18(22)19-7-10-21-8-2-3-9-21)15-5-6-16-17(13-15)24-12-4-11-23-16/h2-3,5-6,8-9,13-14H,4,7,10-12H2,1H3,(H2,19,20,22). The molecule has 6 heteroatoms. The smallest absolute Gasteiger partial charge is 0.315 e. The van der Waals surface area contributed by atoms with Crippen LogP contribution in [0.5, 0.6) is 11.5 Å². The number of urea groups is 1. The van der Waals surface area contributed by atoms with Crippen molar-refractivity contribution in [1.29, 1.82) is 0 Å². The van der Waals surface area contributed by atoms with E-state index in [-0.39, 0.29) is 12.1 Å². The van der Waals surface area contributed by atoms with Gasteiger partial charge in [-0.05, 0) is 36.8 Å². The monoisotopic (exact) mass is 329 g/mol. The van der Waals surface area contributed by atoms with Crippen molar-refractivity contribution >= 4 is 6.03 Å². The zero-order valence-electron chi connectivity index (χ0n) is 13.8. The molecule has 128 valence electrons. The fourth-order valence-corrected chi connectivity index (χ4v) is 2.60. The van der Waals surface area contributed by atoms with Crippen molar-refractivity contribution in [1.82, 2.24) is 15.2 Å². The lowest BCUT2D eigenvalue weighted by Crippen LogP contribution is -2.38. The van der Waals surface area contributed by atoms with Crippen LogP contribution >= 0.6 is 0 Å².